The number of nitrogens with zero attached hydrogens (tertiary/aromatic N) is 3. The first kappa shape index (κ1) is 31.8. The molecule has 0 aliphatic carbocycles. The molecule has 3 aliphatic rings. The fourth-order valence-electron chi connectivity index (χ4n) is 7.23. The molecular formula is C33H47N3O6. The SMILES string of the molecule is C=CCCCCOC(=O)[C@H]1[C@H]2C(=O)N(CCCO)C(C(=O)N(CC=C)c3ccc(N(CC)CC)cc3)C23CC[C@]1(C)O3. The van der Waals surface area contributed by atoms with Crippen molar-refractivity contribution < 1.29 is 29.0 Å². The maximum Gasteiger partial charge on any atom is 0.312 e. The Hall–Kier alpha value is -3.17. The zero-order chi connectivity index (χ0) is 30.5. The molecule has 5 atom stereocenters. The first-order valence-corrected chi connectivity index (χ1v) is 15.4. The maximum atomic E-state index is 14.6. The van der Waals surface area contributed by atoms with Gasteiger partial charge in [0.15, 0.2) is 0 Å². The Morgan fingerprint density at radius 1 is 1.10 bits per heavy atom. The number of benzene rings is 1. The number of carbonyl (C=O) groups excluding carboxylic acids is 3. The highest BCUT2D eigenvalue weighted by atomic mass is 16.6. The van der Waals surface area contributed by atoms with E-state index in [-0.39, 0.29) is 38.1 Å². The number of aliphatic hydroxyl groups excluding tert-OH is 1. The van der Waals surface area contributed by atoms with Crippen molar-refractivity contribution in [2.45, 2.75) is 76.5 Å². The van der Waals surface area contributed by atoms with Crippen LogP contribution in [0.5, 0.6) is 0 Å². The van der Waals surface area contributed by atoms with Gasteiger partial charge in [0, 0.05) is 44.2 Å². The number of rotatable bonds is 16. The van der Waals surface area contributed by atoms with Crippen LogP contribution in [0.2, 0.25) is 0 Å². The topological polar surface area (TPSA) is 99.6 Å². The highest BCUT2D eigenvalue weighted by Crippen LogP contribution is 2.63. The second kappa shape index (κ2) is 13.4. The molecule has 9 nitrogen and oxygen atoms in total. The zero-order valence-corrected chi connectivity index (χ0v) is 25.4. The monoisotopic (exact) mass is 581 g/mol. The molecule has 3 heterocycles. The van der Waals surface area contributed by atoms with Crippen molar-refractivity contribution in [2.75, 3.05) is 49.2 Å². The van der Waals surface area contributed by atoms with Gasteiger partial charge < -0.3 is 29.3 Å². The molecule has 4 rings (SSSR count). The smallest absolute Gasteiger partial charge is 0.312 e. The number of aliphatic hydroxyl groups is 1. The predicted octanol–water partition coefficient (Wildman–Crippen LogP) is 4.10. The van der Waals surface area contributed by atoms with E-state index in [1.165, 1.54) is 0 Å². The lowest BCUT2D eigenvalue weighted by atomic mass is 9.66. The number of amides is 2. The summed E-state index contributed by atoms with van der Waals surface area (Å²) in [5.41, 5.74) is -0.287. The van der Waals surface area contributed by atoms with Gasteiger partial charge in [-0.2, -0.15) is 0 Å². The Balaban J connectivity index is 1.67. The molecule has 0 aromatic heterocycles. The third kappa shape index (κ3) is 5.61. The van der Waals surface area contributed by atoms with Crippen LogP contribution in [0, 0.1) is 11.8 Å². The third-order valence-corrected chi connectivity index (χ3v) is 9.24. The number of hydrogen-bond acceptors (Lipinski definition) is 7. The van der Waals surface area contributed by atoms with Crippen LogP contribution in [-0.2, 0) is 23.9 Å². The zero-order valence-electron chi connectivity index (χ0n) is 25.4. The van der Waals surface area contributed by atoms with Crippen LogP contribution in [0.1, 0.15) is 59.3 Å². The minimum Gasteiger partial charge on any atom is -0.465 e. The van der Waals surface area contributed by atoms with Crippen LogP contribution in [0.15, 0.2) is 49.6 Å². The van der Waals surface area contributed by atoms with E-state index in [1.54, 1.807) is 15.9 Å². The molecule has 42 heavy (non-hydrogen) atoms. The van der Waals surface area contributed by atoms with Gasteiger partial charge in [0.1, 0.15) is 17.6 Å². The number of hydrogen-bond donors (Lipinski definition) is 1. The molecule has 230 valence electrons. The van der Waals surface area contributed by atoms with E-state index >= 15 is 0 Å². The summed E-state index contributed by atoms with van der Waals surface area (Å²) in [5, 5.41) is 9.63. The molecule has 9 heteroatoms. The lowest BCUT2D eigenvalue weighted by Crippen LogP contribution is -2.56. The molecule has 3 saturated heterocycles. The van der Waals surface area contributed by atoms with E-state index in [2.05, 4.69) is 31.9 Å². The summed E-state index contributed by atoms with van der Waals surface area (Å²) < 4.78 is 12.4. The van der Waals surface area contributed by atoms with Gasteiger partial charge in [0.05, 0.1) is 18.1 Å². The summed E-state index contributed by atoms with van der Waals surface area (Å²) in [7, 11) is 0. The largest absolute Gasteiger partial charge is 0.465 e. The van der Waals surface area contributed by atoms with Crippen LogP contribution < -0.4 is 9.80 Å². The van der Waals surface area contributed by atoms with Gasteiger partial charge in [0.2, 0.25) is 5.91 Å². The van der Waals surface area contributed by atoms with E-state index in [4.69, 9.17) is 9.47 Å². The van der Waals surface area contributed by atoms with Crippen LogP contribution in [0.25, 0.3) is 0 Å². The number of allylic oxidation sites excluding steroid dienone is 1. The molecule has 3 fully saturated rings. The highest BCUT2D eigenvalue weighted by Gasteiger charge is 2.78. The summed E-state index contributed by atoms with van der Waals surface area (Å²) in [6.45, 7) is 16.0. The first-order chi connectivity index (χ1) is 20.2. The van der Waals surface area contributed by atoms with E-state index in [0.717, 1.165) is 31.6 Å². The summed E-state index contributed by atoms with van der Waals surface area (Å²) in [6.07, 6.45) is 7.26. The fraction of sp³-hybridized carbons (Fsp3) is 0.606. The molecule has 2 bridgehead atoms. The number of fused-ring (bicyclic) bond motifs is 1. The van der Waals surface area contributed by atoms with Gasteiger partial charge in [-0.15, -0.1) is 13.2 Å². The second-order valence-electron chi connectivity index (χ2n) is 11.7. The Morgan fingerprint density at radius 2 is 1.79 bits per heavy atom. The van der Waals surface area contributed by atoms with Crippen LogP contribution in [0.3, 0.4) is 0 Å². The van der Waals surface area contributed by atoms with Gasteiger partial charge in [-0.3, -0.25) is 14.4 Å². The van der Waals surface area contributed by atoms with Gasteiger partial charge in [-0.1, -0.05) is 12.2 Å². The quantitative estimate of drug-likeness (QED) is 0.178. The number of ether oxygens (including phenoxy) is 2. The molecule has 0 radical (unpaired) electrons. The second-order valence-corrected chi connectivity index (χ2v) is 11.7. The first-order valence-electron chi connectivity index (χ1n) is 15.4. The van der Waals surface area contributed by atoms with E-state index in [1.807, 2.05) is 37.3 Å². The summed E-state index contributed by atoms with van der Waals surface area (Å²) in [6, 6.07) is 6.89. The Morgan fingerprint density at radius 3 is 2.40 bits per heavy atom. The van der Waals surface area contributed by atoms with E-state index < -0.39 is 35.0 Å². The van der Waals surface area contributed by atoms with E-state index in [9.17, 15) is 19.5 Å². The average molecular weight is 582 g/mol. The number of carbonyl (C=O) groups is 3. The lowest BCUT2D eigenvalue weighted by Gasteiger charge is -2.37. The molecule has 3 aliphatic heterocycles. The predicted molar refractivity (Wildman–Crippen MR) is 163 cm³/mol. The minimum absolute atomic E-state index is 0.125. The van der Waals surface area contributed by atoms with Gasteiger partial charge in [-0.25, -0.2) is 0 Å². The maximum absolute atomic E-state index is 14.6. The summed E-state index contributed by atoms with van der Waals surface area (Å²) in [5.74, 6) is -2.62. The number of likely N-dealkylation sites (tertiary alicyclic amines) is 1. The fourth-order valence-corrected chi connectivity index (χ4v) is 7.23. The van der Waals surface area contributed by atoms with E-state index in [0.29, 0.717) is 31.4 Å². The molecule has 2 unspecified atom stereocenters. The number of anilines is 2. The van der Waals surface area contributed by atoms with Crippen molar-refractivity contribution in [3.8, 4) is 0 Å². The van der Waals surface area contributed by atoms with Crippen molar-refractivity contribution in [2.24, 2.45) is 11.8 Å². The molecule has 2 amide bonds. The standard InChI is InChI=1S/C33H47N3O6/c1-6-10-11-12-23-41-31(40)27-26-29(38)36(21-13-22-37)28(33(26)19-18-32(27,5)42-33)30(39)35(20-7-2)25-16-14-24(15-17-25)34(8-3)9-4/h6-7,14-17,26-28,37H,1-2,8-13,18-23H2,3-5H3/t26-,27+,28?,32-,33?/m0/s1. The summed E-state index contributed by atoms with van der Waals surface area (Å²) in [4.78, 5) is 47.6. The summed E-state index contributed by atoms with van der Waals surface area (Å²) >= 11 is 0. The van der Waals surface area contributed by atoms with Crippen molar-refractivity contribution in [3.63, 3.8) is 0 Å². The number of unbranched alkanes of at least 4 members (excludes halogenated alkanes) is 2. The van der Waals surface area contributed by atoms with Crippen molar-refractivity contribution in [1.82, 2.24) is 4.90 Å². The van der Waals surface area contributed by atoms with Crippen molar-refractivity contribution in [3.05, 3.63) is 49.6 Å². The normalized spacial score (nSPS) is 27.6. The minimum atomic E-state index is -1.15. The molecule has 1 spiro atoms. The van der Waals surface area contributed by atoms with Crippen molar-refractivity contribution >= 4 is 29.2 Å². The van der Waals surface area contributed by atoms with Crippen molar-refractivity contribution in [1.29, 1.82) is 0 Å². The Bertz CT molecular complexity index is 1150. The highest BCUT2D eigenvalue weighted by molar-refractivity contribution is 6.05. The Kier molecular flexibility index (Phi) is 10.1. The molecular weight excluding hydrogens is 534 g/mol. The number of esters is 1. The molecule has 1 aromatic rings. The average Bonchev–Trinajstić information content (AvgIpc) is 3.55. The van der Waals surface area contributed by atoms with Gasteiger partial charge in [-0.05, 0) is 83.6 Å². The lowest BCUT2D eigenvalue weighted by molar-refractivity contribution is -0.159. The Labute approximate surface area is 250 Å². The molecule has 1 N–H and O–H groups in total. The molecule has 0 saturated carbocycles. The third-order valence-electron chi connectivity index (χ3n) is 9.24. The van der Waals surface area contributed by atoms with Gasteiger partial charge >= 0.3 is 5.97 Å². The van der Waals surface area contributed by atoms with Crippen LogP contribution in [0.4, 0.5) is 11.4 Å². The molecule has 1 aromatic carbocycles. The van der Waals surface area contributed by atoms with Crippen LogP contribution >= 0.6 is 0 Å². The van der Waals surface area contributed by atoms with Crippen LogP contribution in [-0.4, -0.2) is 84.4 Å². The van der Waals surface area contributed by atoms with Gasteiger partial charge in [0.25, 0.3) is 5.91 Å².